The fourth-order valence-electron chi connectivity index (χ4n) is 2.76. The number of nitrogens with zero attached hydrogens (tertiary/aromatic N) is 1. The summed E-state index contributed by atoms with van der Waals surface area (Å²) in [5.41, 5.74) is 1.71. The molecule has 0 spiro atoms. The number of hydrogen-bond donors (Lipinski definition) is 1. The average Bonchev–Trinajstić information content (AvgIpc) is 2.92. The molecule has 3 rings (SSSR count). The van der Waals surface area contributed by atoms with E-state index in [1.807, 2.05) is 25.1 Å². The number of benzene rings is 1. The largest absolute Gasteiger partial charge is 0.490 e. The lowest BCUT2D eigenvalue weighted by atomic mass is 10.1. The van der Waals surface area contributed by atoms with Crippen LogP contribution in [0, 0.1) is 0 Å². The molecular formula is C18H20N2O3. The predicted molar refractivity (Wildman–Crippen MR) is 87.9 cm³/mol. The van der Waals surface area contributed by atoms with E-state index < -0.39 is 0 Å². The Morgan fingerprint density at radius 2 is 2.22 bits per heavy atom. The lowest BCUT2D eigenvalue weighted by Gasteiger charge is -2.08. The van der Waals surface area contributed by atoms with E-state index in [4.69, 9.17) is 4.74 Å². The number of ether oxygens (including phenoxy) is 1. The SMILES string of the molecule is C[C@@H]1Cc2cc(C(=O)NCCCn3ccccc3=O)ccc2O1. The summed E-state index contributed by atoms with van der Waals surface area (Å²) < 4.78 is 7.28. The van der Waals surface area contributed by atoms with Crippen LogP contribution in [0.5, 0.6) is 5.75 Å². The third kappa shape index (κ3) is 3.62. The Bertz CT molecular complexity index is 767. The van der Waals surface area contributed by atoms with Crippen LogP contribution >= 0.6 is 0 Å². The molecule has 0 radical (unpaired) electrons. The monoisotopic (exact) mass is 312 g/mol. The standard InChI is InChI=1S/C18H20N2O3/c1-13-11-15-12-14(6-7-16(15)23-13)18(22)19-8-4-10-20-9-3-2-5-17(20)21/h2-3,5-7,9,12-13H,4,8,10-11H2,1H3,(H,19,22)/t13-/m1/s1. The Morgan fingerprint density at radius 1 is 1.35 bits per heavy atom. The highest BCUT2D eigenvalue weighted by atomic mass is 16.5. The van der Waals surface area contributed by atoms with Crippen molar-refractivity contribution in [3.8, 4) is 5.75 Å². The van der Waals surface area contributed by atoms with E-state index in [1.54, 1.807) is 22.9 Å². The maximum absolute atomic E-state index is 12.2. The van der Waals surface area contributed by atoms with Gasteiger partial charge < -0.3 is 14.6 Å². The number of aryl methyl sites for hydroxylation is 1. The van der Waals surface area contributed by atoms with Crippen LogP contribution in [0.25, 0.3) is 0 Å². The second-order valence-corrected chi connectivity index (χ2v) is 5.80. The molecule has 0 fully saturated rings. The molecule has 0 saturated heterocycles. The van der Waals surface area contributed by atoms with Gasteiger partial charge in [-0.25, -0.2) is 0 Å². The summed E-state index contributed by atoms with van der Waals surface area (Å²) in [4.78, 5) is 23.8. The summed E-state index contributed by atoms with van der Waals surface area (Å²) in [6.45, 7) is 3.14. The summed E-state index contributed by atoms with van der Waals surface area (Å²) in [6.07, 6.45) is 3.48. The van der Waals surface area contributed by atoms with E-state index >= 15 is 0 Å². The van der Waals surface area contributed by atoms with Gasteiger partial charge in [-0.3, -0.25) is 9.59 Å². The van der Waals surface area contributed by atoms with Gasteiger partial charge in [0.15, 0.2) is 0 Å². The zero-order valence-electron chi connectivity index (χ0n) is 13.1. The van der Waals surface area contributed by atoms with Crippen molar-refractivity contribution in [2.24, 2.45) is 0 Å². The Kier molecular flexibility index (Phi) is 4.46. The molecule has 1 atom stereocenters. The number of hydrogen-bond acceptors (Lipinski definition) is 3. The molecule has 0 aliphatic carbocycles. The van der Waals surface area contributed by atoms with Crippen molar-refractivity contribution in [2.45, 2.75) is 32.4 Å². The molecule has 0 unspecified atom stereocenters. The van der Waals surface area contributed by atoms with Crippen molar-refractivity contribution >= 4 is 5.91 Å². The highest BCUT2D eigenvalue weighted by molar-refractivity contribution is 5.94. The van der Waals surface area contributed by atoms with Gasteiger partial charge in [0.25, 0.3) is 5.91 Å². The summed E-state index contributed by atoms with van der Waals surface area (Å²) in [5.74, 6) is 0.783. The Hall–Kier alpha value is -2.56. The first kappa shape index (κ1) is 15.3. The number of aromatic nitrogens is 1. The molecule has 1 aliphatic heterocycles. The van der Waals surface area contributed by atoms with Crippen LogP contribution in [0.4, 0.5) is 0 Å². The average molecular weight is 312 g/mol. The maximum atomic E-state index is 12.2. The Labute approximate surface area is 134 Å². The van der Waals surface area contributed by atoms with Crippen LogP contribution < -0.4 is 15.6 Å². The van der Waals surface area contributed by atoms with E-state index in [1.165, 1.54) is 6.07 Å². The van der Waals surface area contributed by atoms with Crippen LogP contribution in [0.1, 0.15) is 29.3 Å². The van der Waals surface area contributed by atoms with Gasteiger partial charge in [-0.2, -0.15) is 0 Å². The van der Waals surface area contributed by atoms with Crippen LogP contribution in [-0.2, 0) is 13.0 Å². The number of amides is 1. The van der Waals surface area contributed by atoms with Crippen LogP contribution in [0.3, 0.4) is 0 Å². The first-order chi connectivity index (χ1) is 11.1. The summed E-state index contributed by atoms with van der Waals surface area (Å²) in [6, 6.07) is 10.6. The minimum Gasteiger partial charge on any atom is -0.490 e. The van der Waals surface area contributed by atoms with Crippen molar-refractivity contribution in [1.82, 2.24) is 9.88 Å². The van der Waals surface area contributed by atoms with Crippen molar-refractivity contribution in [2.75, 3.05) is 6.54 Å². The number of carbonyl (C=O) groups excluding carboxylic acids is 1. The summed E-state index contributed by atoms with van der Waals surface area (Å²) in [5, 5.41) is 2.90. The molecule has 1 aromatic carbocycles. The third-order valence-corrected chi connectivity index (χ3v) is 3.92. The van der Waals surface area contributed by atoms with Crippen LogP contribution in [-0.4, -0.2) is 23.1 Å². The lowest BCUT2D eigenvalue weighted by Crippen LogP contribution is -2.26. The Balaban J connectivity index is 1.51. The summed E-state index contributed by atoms with van der Waals surface area (Å²) >= 11 is 0. The van der Waals surface area contributed by atoms with Crippen molar-refractivity contribution < 1.29 is 9.53 Å². The normalized spacial score (nSPS) is 15.8. The first-order valence-corrected chi connectivity index (χ1v) is 7.87. The molecule has 0 bridgehead atoms. The van der Waals surface area contributed by atoms with Gasteiger partial charge in [0.1, 0.15) is 11.9 Å². The van der Waals surface area contributed by atoms with Crippen LogP contribution in [0.2, 0.25) is 0 Å². The number of nitrogens with one attached hydrogen (secondary N) is 1. The quantitative estimate of drug-likeness (QED) is 0.859. The van der Waals surface area contributed by atoms with Gasteiger partial charge in [-0.1, -0.05) is 6.07 Å². The number of pyridine rings is 1. The van der Waals surface area contributed by atoms with Gasteiger partial charge >= 0.3 is 0 Å². The molecule has 5 nitrogen and oxygen atoms in total. The van der Waals surface area contributed by atoms with Crippen LogP contribution in [0.15, 0.2) is 47.4 Å². The maximum Gasteiger partial charge on any atom is 0.251 e. The number of carbonyl (C=O) groups is 1. The van der Waals surface area contributed by atoms with Gasteiger partial charge in [0.2, 0.25) is 5.56 Å². The van der Waals surface area contributed by atoms with E-state index in [-0.39, 0.29) is 17.6 Å². The fraction of sp³-hybridized carbons (Fsp3) is 0.333. The van der Waals surface area contributed by atoms with Crippen molar-refractivity contribution in [3.05, 3.63) is 64.1 Å². The highest BCUT2D eigenvalue weighted by Gasteiger charge is 2.20. The first-order valence-electron chi connectivity index (χ1n) is 7.87. The molecular weight excluding hydrogens is 292 g/mol. The minimum absolute atomic E-state index is 0.0217. The molecule has 1 amide bonds. The molecule has 1 N–H and O–H groups in total. The van der Waals surface area contributed by atoms with Gasteiger partial charge in [0, 0.05) is 37.3 Å². The smallest absolute Gasteiger partial charge is 0.251 e. The minimum atomic E-state index is -0.0900. The van der Waals surface area contributed by atoms with Crippen molar-refractivity contribution in [1.29, 1.82) is 0 Å². The zero-order chi connectivity index (χ0) is 16.2. The fourth-order valence-corrected chi connectivity index (χ4v) is 2.76. The molecule has 120 valence electrons. The van der Waals surface area contributed by atoms with E-state index in [0.29, 0.717) is 25.1 Å². The van der Waals surface area contributed by atoms with E-state index in [2.05, 4.69) is 5.32 Å². The molecule has 2 heterocycles. The Morgan fingerprint density at radius 3 is 3.04 bits per heavy atom. The third-order valence-electron chi connectivity index (χ3n) is 3.92. The van der Waals surface area contributed by atoms with Gasteiger partial charge in [-0.05, 0) is 43.2 Å². The molecule has 0 saturated carbocycles. The number of fused-ring (bicyclic) bond motifs is 1. The van der Waals surface area contributed by atoms with E-state index in [0.717, 1.165) is 17.7 Å². The lowest BCUT2D eigenvalue weighted by molar-refractivity contribution is 0.0952. The number of rotatable bonds is 5. The zero-order valence-corrected chi connectivity index (χ0v) is 13.1. The highest BCUT2D eigenvalue weighted by Crippen LogP contribution is 2.29. The second-order valence-electron chi connectivity index (χ2n) is 5.80. The molecule has 23 heavy (non-hydrogen) atoms. The predicted octanol–water partition coefficient (Wildman–Crippen LogP) is 1.99. The second kappa shape index (κ2) is 6.69. The molecule has 2 aromatic rings. The van der Waals surface area contributed by atoms with Gasteiger partial charge in [0.05, 0.1) is 0 Å². The molecule has 5 heteroatoms. The van der Waals surface area contributed by atoms with Crippen molar-refractivity contribution in [3.63, 3.8) is 0 Å². The molecule has 1 aliphatic rings. The van der Waals surface area contributed by atoms with E-state index in [9.17, 15) is 9.59 Å². The molecule has 1 aromatic heterocycles. The van der Waals surface area contributed by atoms with Gasteiger partial charge in [-0.15, -0.1) is 0 Å². The summed E-state index contributed by atoms with van der Waals surface area (Å²) in [7, 11) is 0. The topological polar surface area (TPSA) is 60.3 Å².